The fourth-order valence-electron chi connectivity index (χ4n) is 2.85. The third kappa shape index (κ3) is 1.31. The second-order valence-corrected chi connectivity index (χ2v) is 5.69. The van der Waals surface area contributed by atoms with Crippen molar-refractivity contribution in [3.63, 3.8) is 0 Å². The fraction of sp³-hybridized carbons (Fsp3) is 0.400. The summed E-state index contributed by atoms with van der Waals surface area (Å²) in [5, 5.41) is 0. The van der Waals surface area contributed by atoms with Gasteiger partial charge in [-0.2, -0.15) is 0 Å². The zero-order valence-electron chi connectivity index (χ0n) is 10.5. The van der Waals surface area contributed by atoms with Crippen molar-refractivity contribution in [1.29, 1.82) is 0 Å². The van der Waals surface area contributed by atoms with Crippen LogP contribution in [-0.2, 0) is 9.47 Å². The Balaban J connectivity index is 1.86. The third-order valence-corrected chi connectivity index (χ3v) is 3.68. The van der Waals surface area contributed by atoms with Crippen LogP contribution in [0.4, 0.5) is 0 Å². The molecule has 1 aromatic carbocycles. The SMILES string of the molecule is CC1(C)COC(c2cccc3c2C2C=CC3O2)=N1. The van der Waals surface area contributed by atoms with Gasteiger partial charge in [-0.15, -0.1) is 0 Å². The molecule has 0 radical (unpaired) electrons. The first-order valence-electron chi connectivity index (χ1n) is 6.34. The van der Waals surface area contributed by atoms with Crippen LogP contribution < -0.4 is 0 Å². The van der Waals surface area contributed by atoms with Crippen molar-refractivity contribution in [2.45, 2.75) is 31.6 Å². The molecule has 2 unspecified atom stereocenters. The molecule has 0 spiro atoms. The molecule has 0 amide bonds. The van der Waals surface area contributed by atoms with Gasteiger partial charge in [0.05, 0.1) is 5.54 Å². The second kappa shape index (κ2) is 3.23. The van der Waals surface area contributed by atoms with Crippen molar-refractivity contribution in [1.82, 2.24) is 0 Å². The van der Waals surface area contributed by atoms with Crippen LogP contribution in [0.5, 0.6) is 0 Å². The summed E-state index contributed by atoms with van der Waals surface area (Å²) in [7, 11) is 0. The highest BCUT2D eigenvalue weighted by Gasteiger charge is 2.38. The molecule has 0 N–H and O–H groups in total. The molecule has 3 nitrogen and oxygen atoms in total. The lowest BCUT2D eigenvalue weighted by molar-refractivity contribution is 0.0877. The zero-order chi connectivity index (χ0) is 12.3. The average molecular weight is 241 g/mol. The summed E-state index contributed by atoms with van der Waals surface area (Å²) < 4.78 is 11.6. The topological polar surface area (TPSA) is 30.8 Å². The van der Waals surface area contributed by atoms with Crippen molar-refractivity contribution >= 4 is 5.90 Å². The first-order valence-corrected chi connectivity index (χ1v) is 6.34. The van der Waals surface area contributed by atoms with Crippen LogP contribution in [-0.4, -0.2) is 18.0 Å². The van der Waals surface area contributed by atoms with E-state index in [1.54, 1.807) is 0 Å². The Labute approximate surface area is 106 Å². The maximum absolute atomic E-state index is 5.87. The number of hydrogen-bond acceptors (Lipinski definition) is 3. The quantitative estimate of drug-likeness (QED) is 0.708. The second-order valence-electron chi connectivity index (χ2n) is 5.69. The van der Waals surface area contributed by atoms with E-state index in [1.807, 2.05) is 0 Å². The van der Waals surface area contributed by atoms with Crippen LogP contribution in [0.2, 0.25) is 0 Å². The van der Waals surface area contributed by atoms with E-state index in [2.05, 4.69) is 49.2 Å². The largest absolute Gasteiger partial charge is 0.475 e. The van der Waals surface area contributed by atoms with Crippen LogP contribution in [0.25, 0.3) is 0 Å². The number of aliphatic imine (C=N–C) groups is 1. The van der Waals surface area contributed by atoms with Crippen LogP contribution in [0.3, 0.4) is 0 Å². The van der Waals surface area contributed by atoms with Gasteiger partial charge in [-0.25, -0.2) is 4.99 Å². The van der Waals surface area contributed by atoms with Gasteiger partial charge in [-0.1, -0.05) is 24.3 Å². The summed E-state index contributed by atoms with van der Waals surface area (Å²) in [4.78, 5) is 4.67. The molecule has 3 heterocycles. The Bertz CT molecular complexity index is 586. The molecule has 0 aliphatic carbocycles. The molecular formula is C15H15NO2. The fourth-order valence-corrected chi connectivity index (χ4v) is 2.85. The molecule has 92 valence electrons. The molecule has 0 saturated carbocycles. The molecular weight excluding hydrogens is 226 g/mol. The number of hydrogen-bond donors (Lipinski definition) is 0. The maximum atomic E-state index is 5.87. The lowest BCUT2D eigenvalue weighted by Crippen LogP contribution is -2.17. The van der Waals surface area contributed by atoms with Crippen molar-refractivity contribution in [3.05, 3.63) is 47.0 Å². The number of rotatable bonds is 1. The molecule has 0 aromatic heterocycles. The van der Waals surface area contributed by atoms with Crippen LogP contribution in [0.15, 0.2) is 35.3 Å². The van der Waals surface area contributed by atoms with E-state index in [0.29, 0.717) is 6.61 Å². The minimum atomic E-state index is -0.119. The van der Waals surface area contributed by atoms with E-state index in [4.69, 9.17) is 9.47 Å². The molecule has 2 atom stereocenters. The van der Waals surface area contributed by atoms with Gasteiger partial charge in [-0.3, -0.25) is 0 Å². The van der Waals surface area contributed by atoms with Gasteiger partial charge < -0.3 is 9.47 Å². The van der Waals surface area contributed by atoms with Crippen molar-refractivity contribution in [3.8, 4) is 0 Å². The van der Waals surface area contributed by atoms with Gasteiger partial charge in [0.1, 0.15) is 18.8 Å². The number of ether oxygens (including phenoxy) is 2. The first-order chi connectivity index (χ1) is 8.64. The van der Waals surface area contributed by atoms with Crippen LogP contribution in [0.1, 0.15) is 42.7 Å². The van der Waals surface area contributed by atoms with Gasteiger partial charge in [0.2, 0.25) is 5.90 Å². The summed E-state index contributed by atoms with van der Waals surface area (Å²) >= 11 is 0. The molecule has 3 aliphatic heterocycles. The van der Waals surface area contributed by atoms with Gasteiger partial charge >= 0.3 is 0 Å². The van der Waals surface area contributed by atoms with Crippen molar-refractivity contribution in [2.75, 3.05) is 6.61 Å². The predicted molar refractivity (Wildman–Crippen MR) is 68.7 cm³/mol. The van der Waals surface area contributed by atoms with E-state index in [-0.39, 0.29) is 17.7 Å². The Morgan fingerprint density at radius 2 is 2.06 bits per heavy atom. The highest BCUT2D eigenvalue weighted by atomic mass is 16.5. The molecule has 3 aliphatic rings. The highest BCUT2D eigenvalue weighted by Crippen LogP contribution is 2.47. The first kappa shape index (κ1) is 10.3. The standard InChI is InChI=1S/C15H15NO2/c1-15(2)8-17-14(16-15)10-5-3-4-9-11-6-7-12(18-11)13(9)10/h3-7,11-12H,8H2,1-2H3. The molecule has 0 fully saturated rings. The van der Waals surface area contributed by atoms with E-state index in [9.17, 15) is 0 Å². The molecule has 3 heteroatoms. The molecule has 1 aromatic rings. The van der Waals surface area contributed by atoms with Gasteiger partial charge in [-0.05, 0) is 25.5 Å². The Morgan fingerprint density at radius 3 is 2.83 bits per heavy atom. The Morgan fingerprint density at radius 1 is 1.22 bits per heavy atom. The number of fused-ring (bicyclic) bond motifs is 5. The lowest BCUT2D eigenvalue weighted by Gasteiger charge is -2.12. The summed E-state index contributed by atoms with van der Waals surface area (Å²) in [6, 6.07) is 6.27. The van der Waals surface area contributed by atoms with E-state index >= 15 is 0 Å². The van der Waals surface area contributed by atoms with E-state index in [0.717, 1.165) is 11.5 Å². The van der Waals surface area contributed by atoms with Gasteiger partial charge in [0.25, 0.3) is 0 Å². The normalized spacial score (nSPS) is 30.2. The van der Waals surface area contributed by atoms with Gasteiger partial charge in [0, 0.05) is 11.1 Å². The molecule has 2 bridgehead atoms. The van der Waals surface area contributed by atoms with Crippen LogP contribution in [0, 0.1) is 0 Å². The van der Waals surface area contributed by atoms with Crippen LogP contribution >= 0.6 is 0 Å². The van der Waals surface area contributed by atoms with Crippen molar-refractivity contribution < 1.29 is 9.47 Å². The predicted octanol–water partition coefficient (Wildman–Crippen LogP) is 2.92. The monoisotopic (exact) mass is 241 g/mol. The maximum Gasteiger partial charge on any atom is 0.217 e. The van der Waals surface area contributed by atoms with E-state index < -0.39 is 0 Å². The Kier molecular flexibility index (Phi) is 1.86. The third-order valence-electron chi connectivity index (χ3n) is 3.68. The average Bonchev–Trinajstić information content (AvgIpc) is 3.02. The summed E-state index contributed by atoms with van der Waals surface area (Å²) in [6.07, 6.45) is 4.45. The molecule has 0 saturated heterocycles. The summed E-state index contributed by atoms with van der Waals surface area (Å²) in [5.74, 6) is 0.765. The lowest BCUT2D eigenvalue weighted by atomic mass is 9.92. The Hall–Kier alpha value is -1.61. The van der Waals surface area contributed by atoms with Crippen molar-refractivity contribution in [2.24, 2.45) is 4.99 Å². The number of nitrogens with zero attached hydrogens (tertiary/aromatic N) is 1. The minimum absolute atomic E-state index is 0.0798. The van der Waals surface area contributed by atoms with E-state index in [1.165, 1.54) is 11.1 Å². The summed E-state index contributed by atoms with van der Waals surface area (Å²) in [5.41, 5.74) is 3.47. The minimum Gasteiger partial charge on any atom is -0.475 e. The smallest absolute Gasteiger partial charge is 0.217 e. The summed E-state index contributed by atoms with van der Waals surface area (Å²) in [6.45, 7) is 4.83. The molecule has 18 heavy (non-hydrogen) atoms. The molecule has 4 rings (SSSR count). The van der Waals surface area contributed by atoms with Gasteiger partial charge in [0.15, 0.2) is 0 Å². The zero-order valence-corrected chi connectivity index (χ0v) is 10.5. The highest BCUT2D eigenvalue weighted by molar-refractivity contribution is 5.97. The number of benzene rings is 1.